The van der Waals surface area contributed by atoms with E-state index in [1.54, 1.807) is 12.1 Å². The third kappa shape index (κ3) is 3.10. The van der Waals surface area contributed by atoms with Gasteiger partial charge in [-0.25, -0.2) is 0 Å². The van der Waals surface area contributed by atoms with Gasteiger partial charge in [-0.15, -0.1) is 5.46 Å². The molecule has 76 valence electrons. The van der Waals surface area contributed by atoms with E-state index in [-0.39, 0.29) is 56.8 Å². The Hall–Kier alpha value is 0.711. The minimum absolute atomic E-state index is 0. The molecule has 0 aliphatic heterocycles. The summed E-state index contributed by atoms with van der Waals surface area (Å²) in [6.07, 6.45) is 2.17. The summed E-state index contributed by atoms with van der Waals surface area (Å²) in [6.45, 7) is -2.75. The van der Waals surface area contributed by atoms with Crippen molar-refractivity contribution in [1.29, 1.82) is 0 Å². The molecule has 15 heavy (non-hydrogen) atoms. The van der Waals surface area contributed by atoms with Gasteiger partial charge in [0.15, 0.2) is 0 Å². The zero-order chi connectivity index (χ0) is 10.4. The van der Waals surface area contributed by atoms with Gasteiger partial charge in [0.2, 0.25) is 0 Å². The van der Waals surface area contributed by atoms with Crippen LogP contribution < -0.4 is 56.8 Å². The van der Waals surface area contributed by atoms with E-state index in [1.807, 2.05) is 0 Å². The Balaban J connectivity index is 0.00000112. The fourth-order valence-corrected chi connectivity index (χ4v) is 1.58. The maximum atomic E-state index is 12.3. The molecular weight excluding hydrogens is 227 g/mol. The summed E-state index contributed by atoms with van der Waals surface area (Å²) in [5.41, 5.74) is 0.677. The molecule has 0 bridgehead atoms. The van der Waals surface area contributed by atoms with Crippen LogP contribution in [0.5, 0.6) is 0 Å². The van der Waals surface area contributed by atoms with Gasteiger partial charge in [-0.2, -0.15) is 0 Å². The minimum Gasteiger partial charge on any atom is -0.445 e. The Kier molecular flexibility index (Phi) is 4.16. The molecule has 5 heteroatoms. The molecule has 0 saturated heterocycles. The average molecular weight is 238 g/mol. The summed E-state index contributed by atoms with van der Waals surface area (Å²) in [4.78, 5) is 0. The predicted molar refractivity (Wildman–Crippen MR) is 51.7 cm³/mol. The summed E-state index contributed by atoms with van der Waals surface area (Å²) in [6, 6.07) is 5.60. The van der Waals surface area contributed by atoms with Crippen LogP contribution in [-0.4, -0.2) is 6.98 Å². The first-order valence-electron chi connectivity index (χ1n) is 4.72. The third-order valence-corrected chi connectivity index (χ3v) is 2.99. The van der Waals surface area contributed by atoms with Crippen LogP contribution in [0.1, 0.15) is 25.3 Å². The molecule has 0 aromatic heterocycles. The van der Waals surface area contributed by atoms with Gasteiger partial charge in [0.05, 0.1) is 0 Å². The monoisotopic (exact) mass is 238 g/mol. The second kappa shape index (κ2) is 4.53. The molecule has 0 atom stereocenters. The van der Waals surface area contributed by atoms with Crippen LogP contribution in [-0.2, 0) is 5.41 Å². The topological polar surface area (TPSA) is 0 Å². The Bertz CT molecular complexity index is 316. The van der Waals surface area contributed by atoms with E-state index in [0.717, 1.165) is 18.4 Å². The van der Waals surface area contributed by atoms with E-state index >= 15 is 0 Å². The van der Waals surface area contributed by atoms with E-state index in [1.165, 1.54) is 12.1 Å². The molecule has 0 amide bonds. The zero-order valence-corrected chi connectivity index (χ0v) is 12.1. The van der Waals surface area contributed by atoms with Gasteiger partial charge in [-0.1, -0.05) is 31.2 Å². The van der Waals surface area contributed by atoms with E-state index in [0.29, 0.717) is 0 Å². The summed E-state index contributed by atoms with van der Waals surface area (Å²) in [7, 11) is 0. The van der Waals surface area contributed by atoms with Crippen LogP contribution in [0.3, 0.4) is 0 Å². The van der Waals surface area contributed by atoms with Crippen molar-refractivity contribution < 1.29 is 64.3 Å². The molecule has 1 aromatic rings. The van der Waals surface area contributed by atoms with Crippen LogP contribution in [0.2, 0.25) is 0 Å². The number of benzene rings is 1. The van der Waals surface area contributed by atoms with Gasteiger partial charge in [-0.3, -0.25) is 0 Å². The van der Waals surface area contributed by atoms with Gasteiger partial charge in [0.25, 0.3) is 0 Å². The standard InChI is InChI=1S/C10H11BF3.K/c1-10(6-7-10)8-2-4-9(5-3-8)11(12,13)14;/h2-5H,6-7H2,1H3;/q-1;+1. The fourth-order valence-electron chi connectivity index (χ4n) is 1.58. The largest absolute Gasteiger partial charge is 1.00 e. The molecule has 0 radical (unpaired) electrons. The zero-order valence-electron chi connectivity index (χ0n) is 8.93. The third-order valence-electron chi connectivity index (χ3n) is 2.99. The first-order chi connectivity index (χ1) is 6.42. The van der Waals surface area contributed by atoms with Gasteiger partial charge >= 0.3 is 58.4 Å². The normalized spacial score (nSPS) is 18.1. The van der Waals surface area contributed by atoms with Crippen molar-refractivity contribution in [2.24, 2.45) is 0 Å². The molecule has 1 saturated carbocycles. The Labute approximate surface area is 130 Å². The van der Waals surface area contributed by atoms with E-state index in [4.69, 9.17) is 0 Å². The molecule has 1 aliphatic rings. The molecule has 1 aromatic carbocycles. The van der Waals surface area contributed by atoms with Crippen LogP contribution in [0.25, 0.3) is 0 Å². The molecule has 1 fully saturated rings. The van der Waals surface area contributed by atoms with Crippen molar-refractivity contribution in [2.45, 2.75) is 25.2 Å². The Morgan fingerprint density at radius 3 is 1.87 bits per heavy atom. The van der Waals surface area contributed by atoms with Crippen molar-refractivity contribution in [1.82, 2.24) is 0 Å². The van der Waals surface area contributed by atoms with Crippen molar-refractivity contribution in [3.8, 4) is 0 Å². The van der Waals surface area contributed by atoms with Crippen molar-refractivity contribution in [3.63, 3.8) is 0 Å². The second-order valence-corrected chi connectivity index (χ2v) is 4.26. The summed E-state index contributed by atoms with van der Waals surface area (Å²) in [5.74, 6) is 0. The van der Waals surface area contributed by atoms with Crippen molar-refractivity contribution >= 4 is 12.4 Å². The summed E-state index contributed by atoms with van der Waals surface area (Å²) in [5, 5.41) is 0. The fraction of sp³-hybridized carbons (Fsp3) is 0.400. The molecule has 0 N–H and O–H groups in total. The molecular formula is C10H11BF3K. The van der Waals surface area contributed by atoms with E-state index in [9.17, 15) is 12.9 Å². The number of hydrogen-bond donors (Lipinski definition) is 0. The number of halogens is 3. The Morgan fingerprint density at radius 1 is 1.07 bits per heavy atom. The second-order valence-electron chi connectivity index (χ2n) is 4.26. The molecule has 0 spiro atoms. The van der Waals surface area contributed by atoms with Gasteiger partial charge < -0.3 is 12.9 Å². The quantitative estimate of drug-likeness (QED) is 0.626. The molecule has 0 unspecified atom stereocenters. The number of hydrogen-bond acceptors (Lipinski definition) is 0. The Morgan fingerprint density at radius 2 is 1.53 bits per heavy atom. The predicted octanol–water partition coefficient (Wildman–Crippen LogP) is -0.204. The average Bonchev–Trinajstić information content (AvgIpc) is 2.84. The first-order valence-corrected chi connectivity index (χ1v) is 4.72. The van der Waals surface area contributed by atoms with E-state index in [2.05, 4.69) is 6.92 Å². The van der Waals surface area contributed by atoms with Gasteiger partial charge in [0.1, 0.15) is 0 Å². The van der Waals surface area contributed by atoms with E-state index < -0.39 is 12.4 Å². The molecule has 0 heterocycles. The SMILES string of the molecule is CC1(c2ccc([B-](F)(F)F)cc2)CC1.[K+]. The maximum Gasteiger partial charge on any atom is 1.00 e. The number of rotatable bonds is 2. The minimum atomic E-state index is -4.84. The maximum absolute atomic E-state index is 12.3. The van der Waals surface area contributed by atoms with Gasteiger partial charge in [-0.05, 0) is 23.8 Å². The summed E-state index contributed by atoms with van der Waals surface area (Å²) >= 11 is 0. The van der Waals surface area contributed by atoms with Crippen molar-refractivity contribution in [2.75, 3.05) is 0 Å². The smallest absolute Gasteiger partial charge is 0.445 e. The van der Waals surface area contributed by atoms with Gasteiger partial charge in [0, 0.05) is 0 Å². The van der Waals surface area contributed by atoms with Crippen LogP contribution in [0, 0.1) is 0 Å². The molecule has 1 aliphatic carbocycles. The summed E-state index contributed by atoms with van der Waals surface area (Å²) < 4.78 is 36.9. The van der Waals surface area contributed by atoms with Crippen molar-refractivity contribution in [3.05, 3.63) is 29.8 Å². The van der Waals surface area contributed by atoms with Crippen LogP contribution >= 0.6 is 0 Å². The molecule has 2 rings (SSSR count). The molecule has 0 nitrogen and oxygen atoms in total. The van der Waals surface area contributed by atoms with Crippen LogP contribution in [0.15, 0.2) is 24.3 Å². The van der Waals surface area contributed by atoms with Crippen LogP contribution in [0.4, 0.5) is 12.9 Å². The first kappa shape index (κ1) is 13.8.